The van der Waals surface area contributed by atoms with Gasteiger partial charge in [-0.25, -0.2) is 0 Å². The molecule has 4 aliphatic rings. The highest BCUT2D eigenvalue weighted by molar-refractivity contribution is 5.95. The molecule has 4 rings (SSSR count). The minimum Gasteiger partial charge on any atom is -0.481 e. The molecule has 0 aromatic carbocycles. The SMILES string of the molecule is CC[C@H]1C(=O)[C@H]2[C@@H]3CC[C@H](C(C)CCC(=O)O)[C@@]3(C)CC(=O)[C@@H]2[C@@]2(C)CC[C@@H](O)C[C@@H]12. The maximum Gasteiger partial charge on any atom is 0.303 e. The number of fused-ring (bicyclic) bond motifs is 5. The van der Waals surface area contributed by atoms with E-state index in [1.165, 1.54) is 0 Å². The summed E-state index contributed by atoms with van der Waals surface area (Å²) in [6.45, 7) is 8.67. The maximum absolute atomic E-state index is 13.9. The smallest absolute Gasteiger partial charge is 0.303 e. The van der Waals surface area contributed by atoms with Gasteiger partial charge in [0.05, 0.1) is 6.10 Å². The fraction of sp³-hybridized carbons (Fsp3) is 0.885. The van der Waals surface area contributed by atoms with Crippen molar-refractivity contribution in [2.75, 3.05) is 0 Å². The number of aliphatic hydroxyl groups excluding tert-OH is 1. The zero-order valence-electron chi connectivity index (χ0n) is 19.6. The van der Waals surface area contributed by atoms with E-state index in [4.69, 9.17) is 5.11 Å². The molecule has 0 spiro atoms. The van der Waals surface area contributed by atoms with Crippen LogP contribution in [-0.2, 0) is 14.4 Å². The summed E-state index contributed by atoms with van der Waals surface area (Å²) >= 11 is 0. The second-order valence-electron chi connectivity index (χ2n) is 11.8. The van der Waals surface area contributed by atoms with E-state index in [0.717, 1.165) is 32.1 Å². The van der Waals surface area contributed by atoms with Crippen molar-refractivity contribution in [2.45, 2.75) is 91.6 Å². The topological polar surface area (TPSA) is 91.7 Å². The van der Waals surface area contributed by atoms with Crippen LogP contribution in [0.3, 0.4) is 0 Å². The van der Waals surface area contributed by atoms with Gasteiger partial charge in [-0.15, -0.1) is 0 Å². The Labute approximate surface area is 186 Å². The van der Waals surface area contributed by atoms with Crippen LogP contribution in [0.5, 0.6) is 0 Å². The standard InChI is InChI=1S/C26H40O5/c1-5-16-19-12-15(27)10-11-25(19,3)23-20(28)13-26(4)17(14(2)6-9-21(29)30)7-8-18(26)22(23)24(16)31/h14-19,22-23,27H,5-13H2,1-4H3,(H,29,30)/t14?,15-,16-,17-,18+,19+,22+,23+,25+,26-/m1/s1. The summed E-state index contributed by atoms with van der Waals surface area (Å²) in [5.74, 6) is 0.194. The number of aliphatic hydroxyl groups is 1. The summed E-state index contributed by atoms with van der Waals surface area (Å²) in [6.07, 6.45) is 5.91. The van der Waals surface area contributed by atoms with Gasteiger partial charge in [0.2, 0.25) is 0 Å². The van der Waals surface area contributed by atoms with E-state index < -0.39 is 5.97 Å². The third kappa shape index (κ3) is 3.41. The zero-order chi connectivity index (χ0) is 22.7. The molecule has 0 aromatic rings. The highest BCUT2D eigenvalue weighted by Crippen LogP contribution is 2.67. The first-order valence-corrected chi connectivity index (χ1v) is 12.5. The summed E-state index contributed by atoms with van der Waals surface area (Å²) in [7, 11) is 0. The number of ketones is 2. The number of carbonyl (C=O) groups excluding carboxylic acids is 2. The predicted molar refractivity (Wildman–Crippen MR) is 117 cm³/mol. The maximum atomic E-state index is 13.9. The highest BCUT2D eigenvalue weighted by Gasteiger charge is 2.67. The number of carbonyl (C=O) groups is 3. The van der Waals surface area contributed by atoms with Gasteiger partial charge in [0.25, 0.3) is 0 Å². The minimum atomic E-state index is -0.766. The first-order valence-electron chi connectivity index (χ1n) is 12.5. The molecule has 31 heavy (non-hydrogen) atoms. The van der Waals surface area contributed by atoms with Crippen molar-refractivity contribution in [1.29, 1.82) is 0 Å². The molecule has 174 valence electrons. The summed E-state index contributed by atoms with van der Waals surface area (Å²) in [5, 5.41) is 19.5. The first kappa shape index (κ1) is 22.9. The number of carboxylic acids is 1. The molecule has 0 amide bonds. The third-order valence-electron chi connectivity index (χ3n) is 10.4. The quantitative estimate of drug-likeness (QED) is 0.667. The van der Waals surface area contributed by atoms with Gasteiger partial charge in [0, 0.05) is 30.6 Å². The normalized spacial score (nSPS) is 48.0. The van der Waals surface area contributed by atoms with Gasteiger partial charge in [-0.2, -0.15) is 0 Å². The fourth-order valence-electron chi connectivity index (χ4n) is 8.98. The molecule has 5 heteroatoms. The van der Waals surface area contributed by atoms with Crippen molar-refractivity contribution >= 4 is 17.5 Å². The van der Waals surface area contributed by atoms with Crippen LogP contribution in [-0.4, -0.2) is 33.9 Å². The summed E-state index contributed by atoms with van der Waals surface area (Å²) in [5.41, 5.74) is -0.397. The Morgan fingerprint density at radius 3 is 2.48 bits per heavy atom. The van der Waals surface area contributed by atoms with Crippen LogP contribution in [0.25, 0.3) is 0 Å². The van der Waals surface area contributed by atoms with Crippen molar-refractivity contribution in [3.8, 4) is 0 Å². The van der Waals surface area contributed by atoms with Gasteiger partial charge in [-0.1, -0.05) is 27.7 Å². The van der Waals surface area contributed by atoms with Crippen LogP contribution in [0, 0.1) is 52.3 Å². The van der Waals surface area contributed by atoms with Crippen LogP contribution < -0.4 is 0 Å². The molecular weight excluding hydrogens is 392 g/mol. The third-order valence-corrected chi connectivity index (χ3v) is 10.4. The first-order chi connectivity index (χ1) is 14.5. The summed E-state index contributed by atoms with van der Waals surface area (Å²) < 4.78 is 0. The van der Waals surface area contributed by atoms with Crippen molar-refractivity contribution in [1.82, 2.24) is 0 Å². The number of aliphatic carboxylic acids is 1. The molecule has 0 radical (unpaired) electrons. The largest absolute Gasteiger partial charge is 0.481 e. The Morgan fingerprint density at radius 1 is 1.13 bits per heavy atom. The average Bonchev–Trinajstić information content (AvgIpc) is 3.04. The lowest BCUT2D eigenvalue weighted by Crippen LogP contribution is -2.63. The molecule has 0 aromatic heterocycles. The molecule has 4 saturated carbocycles. The van der Waals surface area contributed by atoms with Gasteiger partial charge in [-0.3, -0.25) is 14.4 Å². The lowest BCUT2D eigenvalue weighted by Gasteiger charge is -2.61. The van der Waals surface area contributed by atoms with E-state index in [2.05, 4.69) is 27.7 Å². The van der Waals surface area contributed by atoms with Gasteiger partial charge in [0.15, 0.2) is 0 Å². The number of Topliss-reactive ketones (excluding diaryl/α,β-unsaturated/α-hetero) is 2. The van der Waals surface area contributed by atoms with Gasteiger partial charge >= 0.3 is 5.97 Å². The Hall–Kier alpha value is -1.23. The minimum absolute atomic E-state index is 0.0557. The van der Waals surface area contributed by atoms with Crippen LogP contribution in [0.15, 0.2) is 0 Å². The van der Waals surface area contributed by atoms with E-state index >= 15 is 0 Å². The van der Waals surface area contributed by atoms with E-state index in [1.54, 1.807) is 0 Å². The molecule has 0 saturated heterocycles. The molecule has 10 atom stereocenters. The predicted octanol–water partition coefficient (Wildman–Crippen LogP) is 4.50. The second kappa shape index (κ2) is 7.97. The number of hydrogen-bond acceptors (Lipinski definition) is 4. The highest BCUT2D eigenvalue weighted by atomic mass is 16.4. The van der Waals surface area contributed by atoms with E-state index in [9.17, 15) is 19.5 Å². The number of carboxylic acid groups (broad SMARTS) is 1. The molecule has 4 aliphatic carbocycles. The molecule has 0 bridgehead atoms. The van der Waals surface area contributed by atoms with Crippen LogP contribution in [0.1, 0.15) is 85.5 Å². The monoisotopic (exact) mass is 432 g/mol. The van der Waals surface area contributed by atoms with Crippen LogP contribution in [0.2, 0.25) is 0 Å². The number of hydrogen-bond donors (Lipinski definition) is 2. The van der Waals surface area contributed by atoms with E-state index in [1.807, 2.05) is 0 Å². The zero-order valence-corrected chi connectivity index (χ0v) is 19.6. The molecule has 1 unspecified atom stereocenters. The average molecular weight is 433 g/mol. The van der Waals surface area contributed by atoms with Gasteiger partial charge in [-0.05, 0) is 79.4 Å². The Balaban J connectivity index is 1.68. The van der Waals surface area contributed by atoms with E-state index in [0.29, 0.717) is 25.2 Å². The molecular formula is C26H40O5. The van der Waals surface area contributed by atoms with E-state index in [-0.39, 0.29) is 70.4 Å². The Morgan fingerprint density at radius 2 is 1.84 bits per heavy atom. The van der Waals surface area contributed by atoms with Gasteiger partial charge in [0.1, 0.15) is 11.6 Å². The molecule has 5 nitrogen and oxygen atoms in total. The van der Waals surface area contributed by atoms with Gasteiger partial charge < -0.3 is 10.2 Å². The number of rotatable bonds is 5. The Kier molecular flexibility index (Phi) is 5.90. The fourth-order valence-corrected chi connectivity index (χ4v) is 8.98. The molecule has 4 fully saturated rings. The molecule has 2 N–H and O–H groups in total. The lowest BCUT2D eigenvalue weighted by molar-refractivity contribution is -0.179. The van der Waals surface area contributed by atoms with Crippen molar-refractivity contribution < 1.29 is 24.6 Å². The Bertz CT molecular complexity index is 761. The van der Waals surface area contributed by atoms with Crippen molar-refractivity contribution in [2.24, 2.45) is 52.3 Å². The molecule has 0 aliphatic heterocycles. The van der Waals surface area contributed by atoms with Crippen LogP contribution in [0.4, 0.5) is 0 Å². The summed E-state index contributed by atoms with van der Waals surface area (Å²) in [4.78, 5) is 38.8. The van der Waals surface area contributed by atoms with Crippen LogP contribution >= 0.6 is 0 Å². The lowest BCUT2D eigenvalue weighted by atomic mass is 9.41. The summed E-state index contributed by atoms with van der Waals surface area (Å²) in [6, 6.07) is 0. The molecule has 0 heterocycles. The van der Waals surface area contributed by atoms with Crippen molar-refractivity contribution in [3.05, 3.63) is 0 Å². The second-order valence-corrected chi connectivity index (χ2v) is 11.8. The van der Waals surface area contributed by atoms with Crippen molar-refractivity contribution in [3.63, 3.8) is 0 Å².